The molecule has 1 aliphatic carbocycles. The summed E-state index contributed by atoms with van der Waals surface area (Å²) >= 11 is 0. The molecule has 20 heavy (non-hydrogen) atoms. The lowest BCUT2D eigenvalue weighted by Crippen LogP contribution is -2.13. The number of fused-ring (bicyclic) bond motifs is 3. The highest BCUT2D eigenvalue weighted by Crippen LogP contribution is 2.47. The predicted molar refractivity (Wildman–Crippen MR) is 70.4 cm³/mol. The van der Waals surface area contributed by atoms with Gasteiger partial charge in [0.25, 0.3) is 0 Å². The summed E-state index contributed by atoms with van der Waals surface area (Å²) in [6.45, 7) is 1.77. The van der Waals surface area contributed by atoms with Crippen molar-refractivity contribution in [1.82, 2.24) is 0 Å². The van der Waals surface area contributed by atoms with Crippen LogP contribution in [0.25, 0.3) is 11.1 Å². The number of halogens is 2. The number of aryl methyl sites for hydroxylation is 1. The smallest absolute Gasteiger partial charge is 0.317 e. The van der Waals surface area contributed by atoms with Crippen LogP contribution in [0.5, 0.6) is 0 Å². The molecule has 3 rings (SSSR count). The number of esters is 1. The van der Waals surface area contributed by atoms with E-state index in [1.165, 1.54) is 31.4 Å². The van der Waals surface area contributed by atoms with E-state index in [-0.39, 0.29) is 0 Å². The lowest BCUT2D eigenvalue weighted by atomic mass is 9.96. The maximum absolute atomic E-state index is 13.6. The van der Waals surface area contributed by atoms with E-state index < -0.39 is 23.5 Å². The fourth-order valence-corrected chi connectivity index (χ4v) is 2.90. The van der Waals surface area contributed by atoms with Crippen LogP contribution in [0, 0.1) is 18.6 Å². The first kappa shape index (κ1) is 12.8. The molecule has 0 aromatic heterocycles. The first-order valence-electron chi connectivity index (χ1n) is 6.20. The average molecular weight is 274 g/mol. The maximum atomic E-state index is 13.6. The Morgan fingerprint density at radius 3 is 2.50 bits per heavy atom. The van der Waals surface area contributed by atoms with Crippen LogP contribution in [0.15, 0.2) is 30.3 Å². The van der Waals surface area contributed by atoms with Crippen LogP contribution >= 0.6 is 0 Å². The van der Waals surface area contributed by atoms with Crippen LogP contribution in [0.4, 0.5) is 8.78 Å². The topological polar surface area (TPSA) is 26.3 Å². The number of hydrogen-bond acceptors (Lipinski definition) is 2. The third kappa shape index (κ3) is 1.72. The summed E-state index contributed by atoms with van der Waals surface area (Å²) in [5, 5.41) is 0. The van der Waals surface area contributed by atoms with Gasteiger partial charge in [-0.05, 0) is 59.0 Å². The Balaban J connectivity index is 2.34. The fourth-order valence-electron chi connectivity index (χ4n) is 2.90. The second kappa shape index (κ2) is 4.40. The van der Waals surface area contributed by atoms with Crippen molar-refractivity contribution < 1.29 is 18.3 Å². The van der Waals surface area contributed by atoms with E-state index in [0.717, 1.165) is 16.7 Å². The highest BCUT2D eigenvalue weighted by molar-refractivity contribution is 5.94. The van der Waals surface area contributed by atoms with Gasteiger partial charge in [0.1, 0.15) is 17.6 Å². The molecule has 0 radical (unpaired) electrons. The van der Waals surface area contributed by atoms with Crippen LogP contribution in [-0.2, 0) is 9.53 Å². The minimum Gasteiger partial charge on any atom is -0.468 e. The quantitative estimate of drug-likeness (QED) is 0.743. The van der Waals surface area contributed by atoms with E-state index in [4.69, 9.17) is 4.74 Å². The molecule has 0 heterocycles. The van der Waals surface area contributed by atoms with Gasteiger partial charge in [-0.3, -0.25) is 4.79 Å². The van der Waals surface area contributed by atoms with Gasteiger partial charge in [-0.15, -0.1) is 0 Å². The molecular formula is C16H12F2O2. The van der Waals surface area contributed by atoms with Gasteiger partial charge in [0.15, 0.2) is 0 Å². The van der Waals surface area contributed by atoms with Crippen LogP contribution in [0.2, 0.25) is 0 Å². The van der Waals surface area contributed by atoms with Crippen LogP contribution in [0.1, 0.15) is 22.6 Å². The van der Waals surface area contributed by atoms with E-state index >= 15 is 0 Å². The number of methoxy groups -OCH3 is 1. The molecule has 0 aliphatic heterocycles. The molecule has 2 aromatic rings. The number of ether oxygens (including phenoxy) is 1. The zero-order valence-corrected chi connectivity index (χ0v) is 11.0. The van der Waals surface area contributed by atoms with Gasteiger partial charge < -0.3 is 4.74 Å². The van der Waals surface area contributed by atoms with Gasteiger partial charge >= 0.3 is 5.97 Å². The zero-order valence-electron chi connectivity index (χ0n) is 11.0. The van der Waals surface area contributed by atoms with Gasteiger partial charge in [0.05, 0.1) is 7.11 Å². The number of hydrogen-bond donors (Lipinski definition) is 0. The second-order valence-corrected chi connectivity index (χ2v) is 4.87. The molecule has 2 aromatic carbocycles. The molecule has 1 aliphatic rings. The summed E-state index contributed by atoms with van der Waals surface area (Å²) in [6, 6.07) is 7.00. The monoisotopic (exact) mass is 274 g/mol. The lowest BCUT2D eigenvalue weighted by molar-refractivity contribution is -0.141. The first-order chi connectivity index (χ1) is 9.52. The Labute approximate surface area is 115 Å². The van der Waals surface area contributed by atoms with E-state index in [1.807, 2.05) is 0 Å². The minimum atomic E-state index is -0.768. The largest absolute Gasteiger partial charge is 0.468 e. The van der Waals surface area contributed by atoms with Crippen molar-refractivity contribution in [3.63, 3.8) is 0 Å². The summed E-state index contributed by atoms with van der Waals surface area (Å²) in [7, 11) is 1.27. The van der Waals surface area contributed by atoms with Crippen molar-refractivity contribution in [2.45, 2.75) is 12.8 Å². The number of carbonyl (C=O) groups is 1. The molecule has 0 fully saturated rings. The molecule has 0 spiro atoms. The Hall–Kier alpha value is -2.23. The Kier molecular flexibility index (Phi) is 2.82. The number of carbonyl (C=O) groups excluding carboxylic acids is 1. The Bertz CT molecular complexity index is 723. The molecule has 4 heteroatoms. The summed E-state index contributed by atoms with van der Waals surface area (Å²) in [5.74, 6) is -2.12. The Morgan fingerprint density at radius 2 is 1.80 bits per heavy atom. The van der Waals surface area contributed by atoms with E-state index in [0.29, 0.717) is 11.1 Å². The minimum absolute atomic E-state index is 0.413. The van der Waals surface area contributed by atoms with E-state index in [2.05, 4.69) is 0 Å². The van der Waals surface area contributed by atoms with Gasteiger partial charge in [0, 0.05) is 0 Å². The van der Waals surface area contributed by atoms with E-state index in [1.54, 1.807) is 13.0 Å². The van der Waals surface area contributed by atoms with Crippen LogP contribution < -0.4 is 0 Å². The maximum Gasteiger partial charge on any atom is 0.317 e. The molecule has 0 saturated heterocycles. The summed E-state index contributed by atoms with van der Waals surface area (Å²) in [6.07, 6.45) is 0. The summed E-state index contributed by atoms with van der Waals surface area (Å²) in [5.41, 5.74) is 3.33. The van der Waals surface area contributed by atoms with Gasteiger partial charge in [-0.25, -0.2) is 8.78 Å². The number of benzene rings is 2. The molecular weight excluding hydrogens is 262 g/mol. The summed E-state index contributed by atoms with van der Waals surface area (Å²) < 4.78 is 31.9. The normalized spacial score (nSPS) is 15.7. The lowest BCUT2D eigenvalue weighted by Gasteiger charge is -2.11. The highest BCUT2D eigenvalue weighted by Gasteiger charge is 2.36. The second-order valence-electron chi connectivity index (χ2n) is 4.87. The van der Waals surface area contributed by atoms with Crippen LogP contribution in [0.3, 0.4) is 0 Å². The van der Waals surface area contributed by atoms with Gasteiger partial charge in [0.2, 0.25) is 0 Å². The number of rotatable bonds is 1. The average Bonchev–Trinajstić information content (AvgIpc) is 2.71. The van der Waals surface area contributed by atoms with Crippen molar-refractivity contribution in [2.75, 3.05) is 7.11 Å². The SMILES string of the molecule is COC(=O)C1c2cc(F)ccc2-c2c(C)cc(F)cc21. The first-order valence-corrected chi connectivity index (χ1v) is 6.20. The Morgan fingerprint density at radius 1 is 1.10 bits per heavy atom. The molecule has 102 valence electrons. The van der Waals surface area contributed by atoms with Gasteiger partial charge in [-0.2, -0.15) is 0 Å². The standard InChI is InChI=1S/C16H12F2O2/c1-8-5-10(18)7-13-14(8)11-4-3-9(17)6-12(11)15(13)16(19)20-2/h3-7,15H,1-2H3. The van der Waals surface area contributed by atoms with Crippen molar-refractivity contribution in [1.29, 1.82) is 0 Å². The van der Waals surface area contributed by atoms with Crippen molar-refractivity contribution in [2.24, 2.45) is 0 Å². The highest BCUT2D eigenvalue weighted by atomic mass is 19.1. The molecule has 0 saturated carbocycles. The molecule has 1 unspecified atom stereocenters. The van der Waals surface area contributed by atoms with Crippen molar-refractivity contribution >= 4 is 5.97 Å². The fraction of sp³-hybridized carbons (Fsp3) is 0.188. The third-order valence-electron chi connectivity index (χ3n) is 3.67. The summed E-state index contributed by atoms with van der Waals surface area (Å²) in [4.78, 5) is 12.0. The molecule has 0 amide bonds. The third-order valence-corrected chi connectivity index (χ3v) is 3.67. The molecule has 1 atom stereocenters. The van der Waals surface area contributed by atoms with Crippen molar-refractivity contribution in [3.8, 4) is 11.1 Å². The van der Waals surface area contributed by atoms with Crippen LogP contribution in [-0.4, -0.2) is 13.1 Å². The zero-order chi connectivity index (χ0) is 14.4. The molecule has 0 bridgehead atoms. The van der Waals surface area contributed by atoms with E-state index in [9.17, 15) is 13.6 Å². The van der Waals surface area contributed by atoms with Gasteiger partial charge in [-0.1, -0.05) is 6.07 Å². The predicted octanol–water partition coefficient (Wildman–Crippen LogP) is 3.56. The molecule has 0 N–H and O–H groups in total. The van der Waals surface area contributed by atoms with Crippen molar-refractivity contribution in [3.05, 3.63) is 58.7 Å². The molecule has 2 nitrogen and oxygen atoms in total.